The van der Waals surface area contributed by atoms with Crippen molar-refractivity contribution in [2.75, 3.05) is 5.32 Å². The lowest BCUT2D eigenvalue weighted by Gasteiger charge is -2.01. The summed E-state index contributed by atoms with van der Waals surface area (Å²) in [6, 6.07) is 9.24. The van der Waals surface area contributed by atoms with Gasteiger partial charge in [-0.25, -0.2) is 4.98 Å². The highest BCUT2D eigenvalue weighted by Gasteiger charge is 1.95. The maximum absolute atomic E-state index is 8.60. The molecule has 1 heterocycles. The molecule has 0 radical (unpaired) electrons. The van der Waals surface area contributed by atoms with E-state index in [-0.39, 0.29) is 0 Å². The Morgan fingerprint density at radius 1 is 1.29 bits per heavy atom. The van der Waals surface area contributed by atoms with Gasteiger partial charge in [-0.1, -0.05) is 0 Å². The number of anilines is 2. The number of aromatic amines is 1. The maximum Gasteiger partial charge on any atom is 0.204 e. The minimum absolute atomic E-state index is 0.648. The number of nitrogens with one attached hydrogen (secondary N) is 2. The molecule has 4 nitrogen and oxygen atoms in total. The zero-order valence-electron chi connectivity index (χ0n) is 7.36. The summed E-state index contributed by atoms with van der Waals surface area (Å²) in [7, 11) is 0. The molecular weight excluding hydrogens is 176 g/mol. The monoisotopic (exact) mass is 184 g/mol. The molecule has 0 atom stereocenters. The molecular formula is C10H8N4. The van der Waals surface area contributed by atoms with Gasteiger partial charge in [0.2, 0.25) is 5.95 Å². The van der Waals surface area contributed by atoms with Crippen molar-refractivity contribution in [3.63, 3.8) is 0 Å². The molecule has 0 amide bonds. The van der Waals surface area contributed by atoms with E-state index in [4.69, 9.17) is 5.26 Å². The first kappa shape index (κ1) is 8.32. The van der Waals surface area contributed by atoms with E-state index in [2.05, 4.69) is 21.4 Å². The van der Waals surface area contributed by atoms with E-state index < -0.39 is 0 Å². The van der Waals surface area contributed by atoms with Crippen LogP contribution in [0, 0.1) is 11.3 Å². The first-order chi connectivity index (χ1) is 6.88. The van der Waals surface area contributed by atoms with Gasteiger partial charge in [0.15, 0.2) is 0 Å². The minimum Gasteiger partial charge on any atom is -0.331 e. The number of benzene rings is 1. The molecule has 4 heteroatoms. The third-order valence-corrected chi connectivity index (χ3v) is 1.77. The molecule has 0 unspecified atom stereocenters. The second-order valence-corrected chi connectivity index (χ2v) is 2.75. The highest BCUT2D eigenvalue weighted by atomic mass is 15.1. The van der Waals surface area contributed by atoms with Crippen molar-refractivity contribution in [2.45, 2.75) is 0 Å². The fourth-order valence-corrected chi connectivity index (χ4v) is 1.10. The third kappa shape index (κ3) is 1.72. The molecule has 2 rings (SSSR count). The number of aromatic nitrogens is 2. The van der Waals surface area contributed by atoms with Crippen LogP contribution >= 0.6 is 0 Å². The summed E-state index contributed by atoms with van der Waals surface area (Å²) in [5, 5.41) is 11.7. The van der Waals surface area contributed by atoms with Crippen LogP contribution in [0.3, 0.4) is 0 Å². The normalized spacial score (nSPS) is 9.36. The van der Waals surface area contributed by atoms with E-state index >= 15 is 0 Å². The predicted octanol–water partition coefficient (Wildman–Crippen LogP) is 2.02. The van der Waals surface area contributed by atoms with Crippen LogP contribution in [0.4, 0.5) is 11.6 Å². The minimum atomic E-state index is 0.648. The van der Waals surface area contributed by atoms with Gasteiger partial charge < -0.3 is 10.3 Å². The molecule has 0 fully saturated rings. The third-order valence-electron chi connectivity index (χ3n) is 1.77. The van der Waals surface area contributed by atoms with Crippen molar-refractivity contribution in [3.8, 4) is 6.07 Å². The Hall–Kier alpha value is -2.28. The van der Waals surface area contributed by atoms with Crippen LogP contribution in [-0.2, 0) is 0 Å². The van der Waals surface area contributed by atoms with E-state index in [0.717, 1.165) is 5.69 Å². The molecule has 0 spiro atoms. The summed E-state index contributed by atoms with van der Waals surface area (Å²) in [5.41, 5.74) is 1.55. The maximum atomic E-state index is 8.60. The number of nitrogens with zero attached hydrogens (tertiary/aromatic N) is 2. The average Bonchev–Trinajstić information content (AvgIpc) is 2.72. The van der Waals surface area contributed by atoms with E-state index in [1.165, 1.54) is 0 Å². The molecule has 0 aliphatic carbocycles. The lowest BCUT2D eigenvalue weighted by Crippen LogP contribution is -1.91. The molecule has 0 saturated heterocycles. The van der Waals surface area contributed by atoms with Gasteiger partial charge in [0.05, 0.1) is 11.6 Å². The summed E-state index contributed by atoms with van der Waals surface area (Å²) in [6.07, 6.45) is 3.41. The molecule has 2 N–H and O–H groups in total. The van der Waals surface area contributed by atoms with Gasteiger partial charge in [-0.2, -0.15) is 5.26 Å². The number of imidazole rings is 1. The van der Waals surface area contributed by atoms with Crippen LogP contribution in [0.15, 0.2) is 36.7 Å². The van der Waals surface area contributed by atoms with Gasteiger partial charge >= 0.3 is 0 Å². The lowest BCUT2D eigenvalue weighted by atomic mass is 10.2. The summed E-state index contributed by atoms with van der Waals surface area (Å²) >= 11 is 0. The van der Waals surface area contributed by atoms with Crippen molar-refractivity contribution in [2.24, 2.45) is 0 Å². The molecule has 1 aromatic heterocycles. The SMILES string of the molecule is N#Cc1ccc(Nc2ncc[nH]2)cc1. The largest absolute Gasteiger partial charge is 0.331 e. The standard InChI is InChI=1S/C10H8N4/c11-7-8-1-3-9(4-2-8)14-10-12-5-6-13-10/h1-6H,(H2,12,13,14). The van der Waals surface area contributed by atoms with E-state index in [0.29, 0.717) is 11.5 Å². The second kappa shape index (κ2) is 3.62. The van der Waals surface area contributed by atoms with E-state index in [1.807, 2.05) is 12.1 Å². The first-order valence-electron chi connectivity index (χ1n) is 4.15. The second-order valence-electron chi connectivity index (χ2n) is 2.75. The van der Waals surface area contributed by atoms with Crippen LogP contribution in [-0.4, -0.2) is 9.97 Å². The van der Waals surface area contributed by atoms with Crippen molar-refractivity contribution < 1.29 is 0 Å². The van der Waals surface area contributed by atoms with Crippen molar-refractivity contribution in [1.82, 2.24) is 9.97 Å². The van der Waals surface area contributed by atoms with Gasteiger partial charge in [-0.3, -0.25) is 0 Å². The van der Waals surface area contributed by atoms with Crippen molar-refractivity contribution >= 4 is 11.6 Å². The van der Waals surface area contributed by atoms with Crippen molar-refractivity contribution in [3.05, 3.63) is 42.2 Å². The zero-order valence-corrected chi connectivity index (χ0v) is 7.36. The van der Waals surface area contributed by atoms with E-state index in [1.54, 1.807) is 24.5 Å². The fraction of sp³-hybridized carbons (Fsp3) is 0. The van der Waals surface area contributed by atoms with Crippen LogP contribution in [0.5, 0.6) is 0 Å². The Balaban J connectivity index is 2.15. The average molecular weight is 184 g/mol. The topological polar surface area (TPSA) is 64.5 Å². The Labute approximate surface area is 81.2 Å². The van der Waals surface area contributed by atoms with Crippen LogP contribution < -0.4 is 5.32 Å². The van der Waals surface area contributed by atoms with E-state index in [9.17, 15) is 0 Å². The lowest BCUT2D eigenvalue weighted by molar-refractivity contribution is 1.29. The molecule has 0 bridgehead atoms. The molecule has 0 aliphatic heterocycles. The highest BCUT2D eigenvalue weighted by Crippen LogP contribution is 2.12. The number of nitriles is 1. The Morgan fingerprint density at radius 3 is 2.64 bits per heavy atom. The van der Waals surface area contributed by atoms with Gasteiger partial charge in [0.25, 0.3) is 0 Å². The van der Waals surface area contributed by atoms with Gasteiger partial charge in [0, 0.05) is 18.1 Å². The molecule has 2 aromatic rings. The molecule has 14 heavy (non-hydrogen) atoms. The Bertz CT molecular complexity index is 436. The fourth-order valence-electron chi connectivity index (χ4n) is 1.10. The molecule has 0 aliphatic rings. The smallest absolute Gasteiger partial charge is 0.204 e. The predicted molar refractivity (Wildman–Crippen MR) is 53.0 cm³/mol. The van der Waals surface area contributed by atoms with Crippen LogP contribution in [0.2, 0.25) is 0 Å². The van der Waals surface area contributed by atoms with Crippen LogP contribution in [0.25, 0.3) is 0 Å². The highest BCUT2D eigenvalue weighted by molar-refractivity contribution is 5.54. The first-order valence-corrected chi connectivity index (χ1v) is 4.15. The van der Waals surface area contributed by atoms with Gasteiger partial charge in [-0.15, -0.1) is 0 Å². The molecule has 1 aromatic carbocycles. The summed E-state index contributed by atoms with van der Waals surface area (Å²) < 4.78 is 0. The molecule has 0 saturated carbocycles. The quantitative estimate of drug-likeness (QED) is 0.750. The number of hydrogen-bond donors (Lipinski definition) is 2. The zero-order chi connectivity index (χ0) is 9.80. The molecule has 68 valence electrons. The Kier molecular flexibility index (Phi) is 2.15. The number of rotatable bonds is 2. The summed E-state index contributed by atoms with van der Waals surface area (Å²) in [6.45, 7) is 0. The summed E-state index contributed by atoms with van der Waals surface area (Å²) in [4.78, 5) is 6.95. The summed E-state index contributed by atoms with van der Waals surface area (Å²) in [5.74, 6) is 0.690. The van der Waals surface area contributed by atoms with Gasteiger partial charge in [-0.05, 0) is 24.3 Å². The van der Waals surface area contributed by atoms with Crippen LogP contribution in [0.1, 0.15) is 5.56 Å². The van der Waals surface area contributed by atoms with Gasteiger partial charge in [0.1, 0.15) is 0 Å². The number of hydrogen-bond acceptors (Lipinski definition) is 3. The number of H-pyrrole nitrogens is 1. The Morgan fingerprint density at radius 2 is 2.07 bits per heavy atom. The van der Waals surface area contributed by atoms with Crippen molar-refractivity contribution in [1.29, 1.82) is 5.26 Å².